The van der Waals surface area contributed by atoms with Gasteiger partial charge >= 0.3 is 0 Å². The molecule has 0 radical (unpaired) electrons. The lowest BCUT2D eigenvalue weighted by Crippen LogP contribution is -2.47. The second kappa shape index (κ2) is 9.85. The number of hydrogen-bond acceptors (Lipinski definition) is 9. The summed E-state index contributed by atoms with van der Waals surface area (Å²) in [6, 6.07) is 5.61. The zero-order chi connectivity index (χ0) is 23.4. The van der Waals surface area contributed by atoms with Crippen molar-refractivity contribution < 1.29 is 14.3 Å². The van der Waals surface area contributed by atoms with Crippen molar-refractivity contribution in [2.24, 2.45) is 13.0 Å². The molecule has 0 amide bonds. The van der Waals surface area contributed by atoms with Crippen LogP contribution in [0, 0.1) is 5.92 Å². The van der Waals surface area contributed by atoms with Gasteiger partial charge < -0.3 is 19.3 Å². The summed E-state index contributed by atoms with van der Waals surface area (Å²) in [6.45, 7) is 7.74. The number of carbonyl (C=O) groups excluding carboxylic acids is 1. The van der Waals surface area contributed by atoms with Crippen LogP contribution in [-0.2, 0) is 7.05 Å². The Labute approximate surface area is 193 Å². The fraction of sp³-hybridized carbons (Fsp3) is 0.435. The number of piperazine rings is 1. The van der Waals surface area contributed by atoms with Crippen molar-refractivity contribution in [2.75, 3.05) is 49.7 Å². The van der Waals surface area contributed by atoms with Crippen molar-refractivity contribution >= 4 is 17.8 Å². The van der Waals surface area contributed by atoms with Crippen LogP contribution in [0.3, 0.4) is 0 Å². The lowest BCUT2D eigenvalue weighted by Gasteiger charge is -2.36. The molecular weight excluding hydrogens is 422 g/mol. The maximum Gasteiger partial charge on any atom is 0.218 e. The molecule has 0 bridgehead atoms. The van der Waals surface area contributed by atoms with Crippen LogP contribution in [0.4, 0.5) is 11.5 Å². The monoisotopic (exact) mass is 451 g/mol. The van der Waals surface area contributed by atoms with Crippen LogP contribution in [0.5, 0.6) is 11.8 Å². The molecular formula is C23H29N7O3. The maximum absolute atomic E-state index is 11.8. The minimum absolute atomic E-state index is 0.420. The predicted molar refractivity (Wildman–Crippen MR) is 125 cm³/mol. The first kappa shape index (κ1) is 22.5. The number of anilines is 2. The van der Waals surface area contributed by atoms with E-state index in [1.807, 2.05) is 19.2 Å². The summed E-state index contributed by atoms with van der Waals surface area (Å²) in [5, 5.41) is 4.44. The van der Waals surface area contributed by atoms with Crippen LogP contribution in [0.25, 0.3) is 11.3 Å². The second-order valence-electron chi connectivity index (χ2n) is 8.31. The Morgan fingerprint density at radius 3 is 2.45 bits per heavy atom. The first-order chi connectivity index (χ1) is 16.0. The highest BCUT2D eigenvalue weighted by Gasteiger charge is 2.27. The highest BCUT2D eigenvalue weighted by Crippen LogP contribution is 2.34. The van der Waals surface area contributed by atoms with Crippen LogP contribution in [0.1, 0.15) is 24.3 Å². The van der Waals surface area contributed by atoms with Gasteiger partial charge in [0.2, 0.25) is 11.8 Å². The van der Waals surface area contributed by atoms with E-state index in [0.717, 1.165) is 55.2 Å². The van der Waals surface area contributed by atoms with E-state index in [1.54, 1.807) is 24.1 Å². The Morgan fingerprint density at radius 2 is 1.82 bits per heavy atom. The van der Waals surface area contributed by atoms with Gasteiger partial charge in [-0.2, -0.15) is 5.10 Å². The Kier molecular flexibility index (Phi) is 6.71. The summed E-state index contributed by atoms with van der Waals surface area (Å²) < 4.78 is 12.7. The molecule has 0 spiro atoms. The van der Waals surface area contributed by atoms with Gasteiger partial charge in [0.25, 0.3) is 0 Å². The summed E-state index contributed by atoms with van der Waals surface area (Å²) in [5.41, 5.74) is 2.97. The van der Waals surface area contributed by atoms with Crippen molar-refractivity contribution in [2.45, 2.75) is 13.8 Å². The van der Waals surface area contributed by atoms with E-state index in [-0.39, 0.29) is 0 Å². The van der Waals surface area contributed by atoms with Crippen LogP contribution in [0.15, 0.2) is 30.7 Å². The Hall–Kier alpha value is -3.69. The van der Waals surface area contributed by atoms with Crippen molar-refractivity contribution in [3.8, 4) is 23.0 Å². The zero-order valence-electron chi connectivity index (χ0n) is 19.4. The lowest BCUT2D eigenvalue weighted by molar-refractivity contribution is 0.111. The third-order valence-corrected chi connectivity index (χ3v) is 5.49. The van der Waals surface area contributed by atoms with E-state index in [0.29, 0.717) is 30.0 Å². The molecule has 0 unspecified atom stereocenters. The molecule has 0 aromatic carbocycles. The zero-order valence-corrected chi connectivity index (χ0v) is 19.4. The minimum Gasteiger partial charge on any atom is -0.481 e. The van der Waals surface area contributed by atoms with Gasteiger partial charge in [-0.1, -0.05) is 13.8 Å². The van der Waals surface area contributed by atoms with E-state index in [2.05, 4.69) is 43.7 Å². The van der Waals surface area contributed by atoms with E-state index < -0.39 is 0 Å². The Balaban J connectivity index is 1.53. The molecule has 33 heavy (non-hydrogen) atoms. The number of nitrogens with zero attached hydrogens (tertiary/aromatic N) is 7. The number of carbonyl (C=O) groups is 1. The molecule has 4 rings (SSSR count). The fourth-order valence-corrected chi connectivity index (χ4v) is 3.88. The highest BCUT2D eigenvalue weighted by atomic mass is 16.5. The van der Waals surface area contributed by atoms with Gasteiger partial charge in [-0.05, 0) is 12.0 Å². The predicted octanol–water partition coefficient (Wildman–Crippen LogP) is 2.45. The Morgan fingerprint density at radius 1 is 1.06 bits per heavy atom. The molecule has 0 atom stereocenters. The molecule has 4 heterocycles. The normalized spacial score (nSPS) is 14.0. The molecule has 0 aliphatic carbocycles. The van der Waals surface area contributed by atoms with Crippen LogP contribution < -0.4 is 19.3 Å². The number of aromatic nitrogens is 5. The smallest absolute Gasteiger partial charge is 0.218 e. The van der Waals surface area contributed by atoms with Gasteiger partial charge in [-0.25, -0.2) is 15.0 Å². The molecule has 0 saturated carbocycles. The van der Waals surface area contributed by atoms with Gasteiger partial charge in [0.1, 0.15) is 17.8 Å². The summed E-state index contributed by atoms with van der Waals surface area (Å²) in [7, 11) is 3.42. The quantitative estimate of drug-likeness (QED) is 0.478. The van der Waals surface area contributed by atoms with Gasteiger partial charge in [0.05, 0.1) is 25.1 Å². The molecule has 10 nitrogen and oxygen atoms in total. The molecule has 0 N–H and O–H groups in total. The third kappa shape index (κ3) is 4.89. The molecule has 10 heteroatoms. The largest absolute Gasteiger partial charge is 0.481 e. The van der Waals surface area contributed by atoms with Crippen molar-refractivity contribution in [3.05, 3.63) is 36.4 Å². The maximum atomic E-state index is 11.8. The minimum atomic E-state index is 0.420. The van der Waals surface area contributed by atoms with Crippen molar-refractivity contribution in [1.82, 2.24) is 24.7 Å². The van der Waals surface area contributed by atoms with Gasteiger partial charge in [-0.3, -0.25) is 9.48 Å². The molecule has 1 aliphatic rings. The van der Waals surface area contributed by atoms with E-state index >= 15 is 0 Å². The lowest BCUT2D eigenvalue weighted by atomic mass is 10.1. The molecule has 1 aliphatic heterocycles. The van der Waals surface area contributed by atoms with E-state index in [4.69, 9.17) is 9.47 Å². The Bertz CT molecular complexity index is 1090. The number of hydrogen-bond donors (Lipinski definition) is 0. The van der Waals surface area contributed by atoms with E-state index in [1.165, 1.54) is 6.33 Å². The number of ether oxygens (including phenoxy) is 2. The number of aryl methyl sites for hydroxylation is 1. The third-order valence-electron chi connectivity index (χ3n) is 5.49. The van der Waals surface area contributed by atoms with E-state index in [9.17, 15) is 4.79 Å². The molecule has 174 valence electrons. The first-order valence-corrected chi connectivity index (χ1v) is 11.0. The summed E-state index contributed by atoms with van der Waals surface area (Å²) in [5.74, 6) is 2.38. The number of aldehydes is 1. The standard InChI is InChI=1S/C23H29N7O3/c1-16(2)14-33-21-11-19(25-15-26-21)29-7-9-30(10-8-29)23-18(13-31)27-28(3)22(23)17-5-6-20(32-4)24-12-17/h5-6,11-13,15-16H,7-10,14H2,1-4H3. The number of pyridine rings is 1. The van der Waals surface area contributed by atoms with Crippen LogP contribution >= 0.6 is 0 Å². The summed E-state index contributed by atoms with van der Waals surface area (Å²) >= 11 is 0. The van der Waals surface area contributed by atoms with Crippen molar-refractivity contribution in [1.29, 1.82) is 0 Å². The highest BCUT2D eigenvalue weighted by molar-refractivity contribution is 5.90. The number of rotatable bonds is 8. The number of methoxy groups -OCH3 is 1. The van der Waals surface area contributed by atoms with Gasteiger partial charge in [0, 0.05) is 57.1 Å². The summed E-state index contributed by atoms with van der Waals surface area (Å²) in [6.07, 6.45) is 4.09. The van der Waals surface area contributed by atoms with Crippen LogP contribution in [0.2, 0.25) is 0 Å². The SMILES string of the molecule is COc1ccc(-c2c(N3CCN(c4cc(OCC(C)C)ncn4)CC3)c(C=O)nn2C)cn1. The molecule has 3 aromatic rings. The molecule has 1 saturated heterocycles. The van der Waals surface area contributed by atoms with Gasteiger partial charge in [-0.15, -0.1) is 0 Å². The van der Waals surface area contributed by atoms with Crippen molar-refractivity contribution in [3.63, 3.8) is 0 Å². The first-order valence-electron chi connectivity index (χ1n) is 11.0. The average Bonchev–Trinajstić information content (AvgIpc) is 3.19. The molecule has 3 aromatic heterocycles. The average molecular weight is 452 g/mol. The summed E-state index contributed by atoms with van der Waals surface area (Å²) in [4.78, 5) is 29.2. The molecule has 1 fully saturated rings. The second-order valence-corrected chi connectivity index (χ2v) is 8.31. The topological polar surface area (TPSA) is 98.5 Å². The van der Waals surface area contributed by atoms with Gasteiger partial charge in [0.15, 0.2) is 6.29 Å². The fourth-order valence-electron chi connectivity index (χ4n) is 3.88. The van der Waals surface area contributed by atoms with Crippen LogP contribution in [-0.4, -0.2) is 70.9 Å².